The van der Waals surface area contributed by atoms with Crippen molar-refractivity contribution in [3.63, 3.8) is 0 Å². The second-order valence-corrected chi connectivity index (χ2v) is 11.1. The van der Waals surface area contributed by atoms with Gasteiger partial charge < -0.3 is 14.4 Å². The molecule has 3 nitrogen and oxygen atoms in total. The highest BCUT2D eigenvalue weighted by Gasteiger charge is 2.78. The predicted molar refractivity (Wildman–Crippen MR) is 109 cm³/mol. The average Bonchev–Trinajstić information content (AvgIpc) is 3.32. The number of fused-ring (bicyclic) bond motifs is 7. The van der Waals surface area contributed by atoms with Gasteiger partial charge in [-0.05, 0) is 89.1 Å². The number of hydrogen-bond donors (Lipinski definition) is 0. The van der Waals surface area contributed by atoms with Crippen molar-refractivity contribution in [2.24, 2.45) is 28.6 Å². The number of nitrogens with zero attached hydrogens (tertiary/aromatic N) is 1. The van der Waals surface area contributed by atoms with Gasteiger partial charge in [0.15, 0.2) is 0 Å². The van der Waals surface area contributed by atoms with Crippen molar-refractivity contribution in [3.05, 3.63) is 11.6 Å². The monoisotopic (exact) mass is 373 g/mol. The maximum atomic E-state index is 6.50. The molecule has 3 saturated carbocycles. The lowest BCUT2D eigenvalue weighted by molar-refractivity contribution is -0.0968. The third kappa shape index (κ3) is 2.20. The smallest absolute Gasteiger partial charge is 0.115 e. The second kappa shape index (κ2) is 5.83. The van der Waals surface area contributed by atoms with E-state index in [-0.39, 0.29) is 5.60 Å². The number of likely N-dealkylation sites (N-methyl/N-ethyl adjacent to an activating group) is 1. The third-order valence-corrected chi connectivity index (χ3v) is 10.3. The van der Waals surface area contributed by atoms with Gasteiger partial charge in [0.05, 0.1) is 12.2 Å². The van der Waals surface area contributed by atoms with E-state index in [1.54, 1.807) is 5.57 Å². The summed E-state index contributed by atoms with van der Waals surface area (Å²) in [4.78, 5) is 2.39. The summed E-state index contributed by atoms with van der Waals surface area (Å²) >= 11 is 0. The summed E-state index contributed by atoms with van der Waals surface area (Å²) in [6.45, 7) is 7.57. The van der Waals surface area contributed by atoms with Crippen LogP contribution in [0.1, 0.15) is 65.7 Å². The molecule has 1 heterocycles. The quantitative estimate of drug-likeness (QED) is 0.531. The van der Waals surface area contributed by atoms with Gasteiger partial charge in [-0.25, -0.2) is 0 Å². The summed E-state index contributed by atoms with van der Waals surface area (Å²) in [6.07, 6.45) is 12.7. The lowest BCUT2D eigenvalue weighted by atomic mass is 9.46. The van der Waals surface area contributed by atoms with Crippen molar-refractivity contribution in [1.29, 1.82) is 0 Å². The van der Waals surface area contributed by atoms with Gasteiger partial charge in [-0.2, -0.15) is 0 Å². The van der Waals surface area contributed by atoms with Crippen molar-refractivity contribution in [2.45, 2.75) is 89.6 Å². The number of hydrogen-bond acceptors (Lipinski definition) is 3. The highest BCUT2D eigenvalue weighted by atomic mass is 16.6. The normalized spacial score (nSPS) is 54.5. The van der Waals surface area contributed by atoms with Crippen LogP contribution >= 0.6 is 0 Å². The van der Waals surface area contributed by atoms with Crippen LogP contribution < -0.4 is 0 Å². The number of allylic oxidation sites excluding steroid dienone is 1. The fourth-order valence-electron chi connectivity index (χ4n) is 8.45. The zero-order valence-corrected chi connectivity index (χ0v) is 18.3. The fourth-order valence-corrected chi connectivity index (χ4v) is 8.45. The largest absolute Gasteiger partial charge is 0.381 e. The first kappa shape index (κ1) is 18.6. The molecule has 1 aliphatic heterocycles. The molecule has 3 heteroatoms. The topological polar surface area (TPSA) is 25.0 Å². The highest BCUT2D eigenvalue weighted by molar-refractivity contribution is 5.31. The van der Waals surface area contributed by atoms with Gasteiger partial charge in [-0.15, -0.1) is 0 Å². The zero-order valence-electron chi connectivity index (χ0n) is 18.3. The van der Waals surface area contributed by atoms with E-state index in [0.717, 1.165) is 17.8 Å². The van der Waals surface area contributed by atoms with Crippen LogP contribution in [0.15, 0.2) is 11.6 Å². The molecule has 9 atom stereocenters. The van der Waals surface area contributed by atoms with Crippen molar-refractivity contribution in [2.75, 3.05) is 21.2 Å². The Morgan fingerprint density at radius 2 is 1.96 bits per heavy atom. The van der Waals surface area contributed by atoms with Crippen LogP contribution in [0.5, 0.6) is 0 Å². The zero-order chi connectivity index (χ0) is 19.2. The van der Waals surface area contributed by atoms with Crippen molar-refractivity contribution < 1.29 is 9.47 Å². The molecule has 0 amide bonds. The van der Waals surface area contributed by atoms with Gasteiger partial charge in [-0.3, -0.25) is 0 Å². The first-order valence-corrected chi connectivity index (χ1v) is 11.3. The van der Waals surface area contributed by atoms with E-state index in [1.807, 2.05) is 7.11 Å². The predicted octanol–water partition coefficient (Wildman–Crippen LogP) is 4.66. The average molecular weight is 374 g/mol. The molecule has 5 aliphatic rings. The van der Waals surface area contributed by atoms with E-state index in [2.05, 4.69) is 45.8 Å². The molecule has 0 N–H and O–H groups in total. The Morgan fingerprint density at radius 3 is 2.67 bits per heavy atom. The third-order valence-electron chi connectivity index (χ3n) is 10.3. The minimum atomic E-state index is 0.116. The highest BCUT2D eigenvalue weighted by Crippen LogP contribution is 2.74. The Bertz CT molecular complexity index is 659. The molecule has 27 heavy (non-hydrogen) atoms. The maximum absolute atomic E-state index is 6.50. The van der Waals surface area contributed by atoms with E-state index >= 15 is 0 Å². The van der Waals surface area contributed by atoms with Gasteiger partial charge in [0.1, 0.15) is 5.60 Å². The summed E-state index contributed by atoms with van der Waals surface area (Å²) in [5.74, 6) is 2.57. The lowest BCUT2D eigenvalue weighted by Crippen LogP contribution is -2.56. The summed E-state index contributed by atoms with van der Waals surface area (Å²) in [6, 6.07) is 0.511. The van der Waals surface area contributed by atoms with Crippen molar-refractivity contribution >= 4 is 0 Å². The maximum Gasteiger partial charge on any atom is 0.115 e. The Labute approximate surface area is 165 Å². The van der Waals surface area contributed by atoms with Gasteiger partial charge >= 0.3 is 0 Å². The van der Waals surface area contributed by atoms with Crippen LogP contribution in [-0.2, 0) is 9.47 Å². The van der Waals surface area contributed by atoms with Crippen LogP contribution in [0.4, 0.5) is 0 Å². The van der Waals surface area contributed by atoms with Crippen molar-refractivity contribution in [3.8, 4) is 0 Å². The van der Waals surface area contributed by atoms with E-state index in [9.17, 15) is 0 Å². The summed E-state index contributed by atoms with van der Waals surface area (Å²) in [5, 5.41) is 0. The summed E-state index contributed by atoms with van der Waals surface area (Å²) < 4.78 is 12.2. The SMILES string of the molecule is CO[C@H]1CC[C@@]2(C)C(=CC[C@@H]3[C@@H]2CC[C@@]2(C)[C@H]3C[C@H]3O[C@]32[C@H](C)N(C)C)C1. The second-order valence-electron chi connectivity index (χ2n) is 11.1. The molecule has 4 fully saturated rings. The minimum Gasteiger partial charge on any atom is -0.381 e. The van der Waals surface area contributed by atoms with Crippen LogP contribution in [-0.4, -0.2) is 50.0 Å². The molecule has 0 aromatic heterocycles. The van der Waals surface area contributed by atoms with Crippen molar-refractivity contribution in [1.82, 2.24) is 4.90 Å². The molecule has 0 aromatic rings. The molecule has 4 aliphatic carbocycles. The molecule has 0 spiro atoms. The molecular weight excluding hydrogens is 334 g/mol. The van der Waals surface area contributed by atoms with Crippen LogP contribution in [0.25, 0.3) is 0 Å². The number of epoxide rings is 1. The van der Waals surface area contributed by atoms with Crippen LogP contribution in [0, 0.1) is 28.6 Å². The van der Waals surface area contributed by atoms with E-state index in [1.165, 1.54) is 44.9 Å². The molecular formula is C24H39NO2. The van der Waals surface area contributed by atoms with Gasteiger partial charge in [0, 0.05) is 18.6 Å². The summed E-state index contributed by atoms with van der Waals surface area (Å²) in [7, 11) is 6.35. The number of rotatable bonds is 3. The van der Waals surface area contributed by atoms with E-state index in [0.29, 0.717) is 29.1 Å². The Hall–Kier alpha value is -0.380. The first-order valence-electron chi connectivity index (χ1n) is 11.3. The Balaban J connectivity index is 1.46. The Kier molecular flexibility index (Phi) is 4.02. The van der Waals surface area contributed by atoms with E-state index in [4.69, 9.17) is 9.47 Å². The van der Waals surface area contributed by atoms with Gasteiger partial charge in [0.2, 0.25) is 0 Å². The van der Waals surface area contributed by atoms with Gasteiger partial charge in [-0.1, -0.05) is 25.5 Å². The molecule has 0 unspecified atom stereocenters. The Morgan fingerprint density at radius 1 is 1.19 bits per heavy atom. The van der Waals surface area contributed by atoms with Crippen LogP contribution in [0.3, 0.4) is 0 Å². The summed E-state index contributed by atoms with van der Waals surface area (Å²) in [5.41, 5.74) is 2.62. The standard InChI is InChI=1S/C24H39NO2/c1-15(25(4)5)24-21(27-24)14-20-18-8-7-16-13-17(26-6)9-11-22(16,2)19(18)10-12-23(20,24)3/h7,15,17-21H,8-14H2,1-6H3/t15-,17-,18+,19-,20-,21+,22-,23-,24+/m0/s1. The fraction of sp³-hybridized carbons (Fsp3) is 0.917. The minimum absolute atomic E-state index is 0.116. The van der Waals surface area contributed by atoms with Crippen LogP contribution in [0.2, 0.25) is 0 Å². The molecule has 5 rings (SSSR count). The molecule has 0 aromatic carbocycles. The lowest BCUT2D eigenvalue weighted by Gasteiger charge is -2.59. The van der Waals surface area contributed by atoms with Gasteiger partial charge in [0.25, 0.3) is 0 Å². The first-order chi connectivity index (χ1) is 12.8. The number of ether oxygens (including phenoxy) is 2. The van der Waals surface area contributed by atoms with E-state index < -0.39 is 0 Å². The number of methoxy groups -OCH3 is 1. The molecule has 0 bridgehead atoms. The molecule has 0 radical (unpaired) electrons. The molecule has 1 saturated heterocycles. The molecule has 152 valence electrons.